The van der Waals surface area contributed by atoms with Crippen LogP contribution in [0.4, 0.5) is 0 Å². The Morgan fingerprint density at radius 2 is 2.00 bits per heavy atom. The molecule has 2 rings (SSSR count). The minimum Gasteiger partial charge on any atom is -0.494 e. The minimum atomic E-state index is 0.665. The Kier molecular flexibility index (Phi) is 5.50. The average molecular weight is 258 g/mol. The van der Waals surface area contributed by atoms with Crippen LogP contribution in [0.25, 0.3) is 6.08 Å². The first-order valence-corrected chi connectivity index (χ1v) is 7.73. The fraction of sp³-hybridized carbons (Fsp3) is 0.556. The molecule has 0 aromatic heterocycles. The summed E-state index contributed by atoms with van der Waals surface area (Å²) in [5, 5.41) is 0. The zero-order chi connectivity index (χ0) is 13.5. The molecule has 0 saturated heterocycles. The molecule has 1 heteroatoms. The van der Waals surface area contributed by atoms with E-state index in [1.54, 1.807) is 0 Å². The summed E-state index contributed by atoms with van der Waals surface area (Å²) in [6.07, 6.45) is 12.1. The lowest BCUT2D eigenvalue weighted by molar-refractivity contribution is 0.304. The third-order valence-corrected chi connectivity index (χ3v) is 3.78. The van der Waals surface area contributed by atoms with Gasteiger partial charge in [-0.1, -0.05) is 57.7 Å². The van der Waals surface area contributed by atoms with E-state index in [1.165, 1.54) is 43.2 Å². The molecule has 0 amide bonds. The molecule has 0 radical (unpaired) electrons. The van der Waals surface area contributed by atoms with Crippen molar-refractivity contribution in [3.8, 4) is 5.75 Å². The molecule has 1 aliphatic carbocycles. The SMILES string of the molecule is CCCCCCCOc1ccc2c(c1)C=CC(C)C2. The van der Waals surface area contributed by atoms with Crippen LogP contribution in [0, 0.1) is 5.92 Å². The number of benzene rings is 1. The van der Waals surface area contributed by atoms with Crippen LogP contribution in [0.2, 0.25) is 0 Å². The first-order valence-electron chi connectivity index (χ1n) is 7.73. The van der Waals surface area contributed by atoms with Gasteiger partial charge in [0.1, 0.15) is 5.75 Å². The molecule has 19 heavy (non-hydrogen) atoms. The highest BCUT2D eigenvalue weighted by Crippen LogP contribution is 2.26. The van der Waals surface area contributed by atoms with Crippen LogP contribution in [-0.4, -0.2) is 6.61 Å². The van der Waals surface area contributed by atoms with Gasteiger partial charge in [-0.2, -0.15) is 0 Å². The van der Waals surface area contributed by atoms with Gasteiger partial charge in [-0.3, -0.25) is 0 Å². The van der Waals surface area contributed by atoms with E-state index >= 15 is 0 Å². The molecule has 1 atom stereocenters. The molecule has 0 spiro atoms. The second kappa shape index (κ2) is 7.37. The second-order valence-corrected chi connectivity index (χ2v) is 5.66. The van der Waals surface area contributed by atoms with Crippen molar-refractivity contribution in [3.05, 3.63) is 35.4 Å². The predicted octanol–water partition coefficient (Wildman–Crippen LogP) is 5.24. The molecule has 104 valence electrons. The van der Waals surface area contributed by atoms with Gasteiger partial charge in [0.15, 0.2) is 0 Å². The summed E-state index contributed by atoms with van der Waals surface area (Å²) in [5.74, 6) is 1.69. The van der Waals surface area contributed by atoms with Crippen LogP contribution in [0.1, 0.15) is 57.1 Å². The van der Waals surface area contributed by atoms with Gasteiger partial charge in [-0.05, 0) is 42.0 Å². The second-order valence-electron chi connectivity index (χ2n) is 5.66. The molecular formula is C18H26O. The highest BCUT2D eigenvalue weighted by atomic mass is 16.5. The van der Waals surface area contributed by atoms with Gasteiger partial charge in [-0.25, -0.2) is 0 Å². The molecule has 0 aliphatic heterocycles. The summed E-state index contributed by atoms with van der Waals surface area (Å²) in [6.45, 7) is 5.36. The third-order valence-electron chi connectivity index (χ3n) is 3.78. The first-order chi connectivity index (χ1) is 9.29. The number of ether oxygens (including phenoxy) is 1. The lowest BCUT2D eigenvalue weighted by Gasteiger charge is -2.16. The Labute approximate surface area is 117 Å². The summed E-state index contributed by atoms with van der Waals surface area (Å²) in [6, 6.07) is 6.53. The zero-order valence-electron chi connectivity index (χ0n) is 12.3. The first kappa shape index (κ1) is 14.2. The van der Waals surface area contributed by atoms with Gasteiger partial charge in [-0.15, -0.1) is 0 Å². The van der Waals surface area contributed by atoms with Gasteiger partial charge in [0.25, 0.3) is 0 Å². The Morgan fingerprint density at radius 1 is 1.16 bits per heavy atom. The molecule has 0 fully saturated rings. The van der Waals surface area contributed by atoms with E-state index < -0.39 is 0 Å². The van der Waals surface area contributed by atoms with Gasteiger partial charge in [0.2, 0.25) is 0 Å². The summed E-state index contributed by atoms with van der Waals surface area (Å²) >= 11 is 0. The fourth-order valence-electron chi connectivity index (χ4n) is 2.58. The topological polar surface area (TPSA) is 9.23 Å². The standard InChI is InChI=1S/C18H26O/c1-3-4-5-6-7-12-19-18-11-10-16-13-15(2)8-9-17(16)14-18/h8-11,14-15H,3-7,12-13H2,1-2H3. The molecule has 0 saturated carbocycles. The maximum atomic E-state index is 5.85. The highest BCUT2D eigenvalue weighted by Gasteiger charge is 2.10. The molecule has 1 nitrogen and oxygen atoms in total. The van der Waals surface area contributed by atoms with Crippen molar-refractivity contribution in [1.29, 1.82) is 0 Å². The number of allylic oxidation sites excluding steroid dienone is 1. The number of fused-ring (bicyclic) bond motifs is 1. The molecule has 1 aromatic carbocycles. The van der Waals surface area contributed by atoms with E-state index in [2.05, 4.69) is 44.2 Å². The number of rotatable bonds is 7. The maximum absolute atomic E-state index is 5.85. The van der Waals surface area contributed by atoms with Crippen LogP contribution in [0.5, 0.6) is 5.75 Å². The Balaban J connectivity index is 1.78. The summed E-state index contributed by atoms with van der Waals surface area (Å²) in [4.78, 5) is 0. The van der Waals surface area contributed by atoms with E-state index in [0.717, 1.165) is 18.8 Å². The number of unbranched alkanes of at least 4 members (excludes halogenated alkanes) is 4. The van der Waals surface area contributed by atoms with Gasteiger partial charge < -0.3 is 4.74 Å². The van der Waals surface area contributed by atoms with Gasteiger partial charge >= 0.3 is 0 Å². The number of hydrogen-bond acceptors (Lipinski definition) is 1. The molecule has 1 unspecified atom stereocenters. The molecule has 1 aromatic rings. The maximum Gasteiger partial charge on any atom is 0.119 e. The minimum absolute atomic E-state index is 0.665. The van der Waals surface area contributed by atoms with Crippen LogP contribution in [-0.2, 0) is 6.42 Å². The summed E-state index contributed by atoms with van der Waals surface area (Å²) < 4.78 is 5.85. The largest absolute Gasteiger partial charge is 0.494 e. The lowest BCUT2D eigenvalue weighted by atomic mass is 9.91. The normalized spacial score (nSPS) is 17.3. The Morgan fingerprint density at radius 3 is 2.84 bits per heavy atom. The van der Waals surface area contributed by atoms with Crippen molar-refractivity contribution < 1.29 is 4.74 Å². The quantitative estimate of drug-likeness (QED) is 0.608. The highest BCUT2D eigenvalue weighted by molar-refractivity contribution is 5.58. The smallest absolute Gasteiger partial charge is 0.119 e. The van der Waals surface area contributed by atoms with E-state index in [0.29, 0.717) is 5.92 Å². The van der Waals surface area contributed by atoms with Crippen molar-refractivity contribution in [3.63, 3.8) is 0 Å². The van der Waals surface area contributed by atoms with Gasteiger partial charge in [0.05, 0.1) is 6.61 Å². The van der Waals surface area contributed by atoms with E-state index in [-0.39, 0.29) is 0 Å². The monoisotopic (exact) mass is 258 g/mol. The fourth-order valence-corrected chi connectivity index (χ4v) is 2.58. The number of hydrogen-bond donors (Lipinski definition) is 0. The van der Waals surface area contributed by atoms with Crippen LogP contribution >= 0.6 is 0 Å². The van der Waals surface area contributed by atoms with E-state index in [4.69, 9.17) is 4.74 Å². The van der Waals surface area contributed by atoms with Crippen LogP contribution in [0.15, 0.2) is 24.3 Å². The molecule has 1 aliphatic rings. The summed E-state index contributed by atoms with van der Waals surface area (Å²) in [5.41, 5.74) is 2.78. The average Bonchev–Trinajstić information content (AvgIpc) is 2.43. The lowest BCUT2D eigenvalue weighted by Crippen LogP contribution is -2.04. The molecule has 0 heterocycles. The third kappa shape index (κ3) is 4.41. The zero-order valence-corrected chi connectivity index (χ0v) is 12.3. The van der Waals surface area contributed by atoms with Crippen molar-refractivity contribution in [2.45, 2.75) is 52.4 Å². The van der Waals surface area contributed by atoms with E-state index in [1.807, 2.05) is 0 Å². The summed E-state index contributed by atoms with van der Waals surface area (Å²) in [7, 11) is 0. The van der Waals surface area contributed by atoms with Crippen LogP contribution in [0.3, 0.4) is 0 Å². The van der Waals surface area contributed by atoms with Crippen molar-refractivity contribution >= 4 is 6.08 Å². The molecular weight excluding hydrogens is 232 g/mol. The van der Waals surface area contributed by atoms with E-state index in [9.17, 15) is 0 Å². The van der Waals surface area contributed by atoms with Gasteiger partial charge in [0, 0.05) is 0 Å². The predicted molar refractivity (Wildman–Crippen MR) is 82.6 cm³/mol. The Bertz CT molecular complexity index is 420. The van der Waals surface area contributed by atoms with Crippen LogP contribution < -0.4 is 4.74 Å². The molecule has 0 N–H and O–H groups in total. The van der Waals surface area contributed by atoms with Crippen molar-refractivity contribution in [2.24, 2.45) is 5.92 Å². The van der Waals surface area contributed by atoms with Crippen molar-refractivity contribution in [1.82, 2.24) is 0 Å². The van der Waals surface area contributed by atoms with Crippen molar-refractivity contribution in [2.75, 3.05) is 6.61 Å². The Hall–Kier alpha value is -1.24. The molecule has 0 bridgehead atoms.